The molecule has 20 heavy (non-hydrogen) atoms. The Balaban J connectivity index is 2.53. The average Bonchev–Trinajstić information content (AvgIpc) is 2.46. The molecular formula is C16H25NO3. The van der Waals surface area contributed by atoms with Crippen molar-refractivity contribution in [3.63, 3.8) is 0 Å². The molecule has 1 N–H and O–H groups in total. The second-order valence-corrected chi connectivity index (χ2v) is 5.08. The zero-order chi connectivity index (χ0) is 15.0. The van der Waals surface area contributed by atoms with Crippen LogP contribution in [-0.4, -0.2) is 32.3 Å². The minimum absolute atomic E-state index is 0.305. The first-order chi connectivity index (χ1) is 9.58. The molecule has 1 unspecified atom stereocenters. The average molecular weight is 279 g/mol. The molecule has 1 rings (SSSR count). The summed E-state index contributed by atoms with van der Waals surface area (Å²) in [7, 11) is 1.39. The number of hydrogen-bond acceptors (Lipinski definition) is 4. The molecule has 0 heterocycles. The lowest BCUT2D eigenvalue weighted by Gasteiger charge is -2.22. The quantitative estimate of drug-likeness (QED) is 0.743. The minimum Gasteiger partial charge on any atom is -0.465 e. The monoisotopic (exact) mass is 279 g/mol. The van der Waals surface area contributed by atoms with Gasteiger partial charge in [-0.3, -0.25) is 0 Å². The molecule has 4 nitrogen and oxygen atoms in total. The van der Waals surface area contributed by atoms with Crippen LogP contribution in [0.25, 0.3) is 0 Å². The number of carbonyl (C=O) groups is 1. The van der Waals surface area contributed by atoms with E-state index in [4.69, 9.17) is 4.74 Å². The summed E-state index contributed by atoms with van der Waals surface area (Å²) in [6.07, 6.45) is 0. The van der Waals surface area contributed by atoms with Crippen molar-refractivity contribution in [3.8, 4) is 0 Å². The number of rotatable bonds is 8. The summed E-state index contributed by atoms with van der Waals surface area (Å²) in [5, 5.41) is 3.49. The molecule has 0 radical (unpaired) electrons. The molecule has 1 aromatic carbocycles. The van der Waals surface area contributed by atoms with E-state index in [0.29, 0.717) is 24.1 Å². The summed E-state index contributed by atoms with van der Waals surface area (Å²) in [5.41, 5.74) is 1.71. The Morgan fingerprint density at radius 3 is 2.40 bits per heavy atom. The first kappa shape index (κ1) is 16.7. The van der Waals surface area contributed by atoms with E-state index in [1.54, 1.807) is 12.1 Å². The highest BCUT2D eigenvalue weighted by molar-refractivity contribution is 5.89. The Hall–Kier alpha value is -1.39. The normalized spacial score (nSPS) is 12.4. The van der Waals surface area contributed by atoms with E-state index in [1.807, 2.05) is 19.1 Å². The van der Waals surface area contributed by atoms with Gasteiger partial charge in [0, 0.05) is 19.2 Å². The predicted octanol–water partition coefficient (Wildman–Crippen LogP) is 2.62. The largest absolute Gasteiger partial charge is 0.465 e. The summed E-state index contributed by atoms with van der Waals surface area (Å²) >= 11 is 0. The lowest BCUT2D eigenvalue weighted by atomic mass is 10.0. The molecule has 0 aliphatic carbocycles. The molecule has 0 aromatic heterocycles. The maximum Gasteiger partial charge on any atom is 0.337 e. The van der Waals surface area contributed by atoms with Crippen LogP contribution in [-0.2, 0) is 16.0 Å². The highest BCUT2D eigenvalue weighted by Crippen LogP contribution is 2.08. The van der Waals surface area contributed by atoms with Gasteiger partial charge in [-0.15, -0.1) is 0 Å². The van der Waals surface area contributed by atoms with E-state index in [2.05, 4.69) is 23.9 Å². The highest BCUT2D eigenvalue weighted by atomic mass is 16.5. The van der Waals surface area contributed by atoms with Gasteiger partial charge in [-0.25, -0.2) is 4.79 Å². The molecule has 0 amide bonds. The molecule has 0 aliphatic rings. The number of ether oxygens (including phenoxy) is 2. The molecule has 0 fully saturated rings. The minimum atomic E-state index is -0.305. The summed E-state index contributed by atoms with van der Waals surface area (Å²) in [5.74, 6) is 0.205. The van der Waals surface area contributed by atoms with Crippen molar-refractivity contribution in [1.29, 1.82) is 0 Å². The van der Waals surface area contributed by atoms with E-state index < -0.39 is 0 Å². The van der Waals surface area contributed by atoms with Crippen LogP contribution >= 0.6 is 0 Å². The van der Waals surface area contributed by atoms with E-state index in [-0.39, 0.29) is 5.97 Å². The summed E-state index contributed by atoms with van der Waals surface area (Å²) in [6, 6.07) is 7.79. The van der Waals surface area contributed by atoms with Crippen LogP contribution < -0.4 is 5.32 Å². The summed E-state index contributed by atoms with van der Waals surface area (Å²) < 4.78 is 10.2. The summed E-state index contributed by atoms with van der Waals surface area (Å²) in [4.78, 5) is 11.3. The van der Waals surface area contributed by atoms with Crippen molar-refractivity contribution in [1.82, 2.24) is 5.32 Å². The second-order valence-electron chi connectivity index (χ2n) is 5.08. The van der Waals surface area contributed by atoms with Crippen LogP contribution in [0.3, 0.4) is 0 Å². The van der Waals surface area contributed by atoms with Crippen molar-refractivity contribution in [2.75, 3.05) is 20.3 Å². The smallest absolute Gasteiger partial charge is 0.337 e. The van der Waals surface area contributed by atoms with E-state index in [1.165, 1.54) is 7.11 Å². The van der Waals surface area contributed by atoms with Gasteiger partial charge in [0.1, 0.15) is 0 Å². The molecule has 0 saturated heterocycles. The lowest BCUT2D eigenvalue weighted by Crippen LogP contribution is -2.37. The highest BCUT2D eigenvalue weighted by Gasteiger charge is 2.12. The Bertz CT molecular complexity index is 401. The number of esters is 1. The van der Waals surface area contributed by atoms with Crippen LogP contribution in [0.5, 0.6) is 0 Å². The molecule has 0 bridgehead atoms. The Labute approximate surface area is 121 Å². The van der Waals surface area contributed by atoms with Gasteiger partial charge in [0.05, 0.1) is 19.3 Å². The zero-order valence-electron chi connectivity index (χ0n) is 12.8. The number of nitrogens with one attached hydrogen (secondary N) is 1. The van der Waals surface area contributed by atoms with Crippen molar-refractivity contribution in [2.24, 2.45) is 5.92 Å². The third kappa shape index (κ3) is 5.31. The van der Waals surface area contributed by atoms with Gasteiger partial charge in [0.15, 0.2) is 0 Å². The second kappa shape index (κ2) is 8.72. The third-order valence-electron chi connectivity index (χ3n) is 3.25. The summed E-state index contributed by atoms with van der Waals surface area (Å²) in [6.45, 7) is 8.57. The fraction of sp³-hybridized carbons (Fsp3) is 0.562. The van der Waals surface area contributed by atoms with Crippen LogP contribution in [0.15, 0.2) is 24.3 Å². The molecule has 4 heteroatoms. The van der Waals surface area contributed by atoms with Crippen LogP contribution in [0.4, 0.5) is 0 Å². The number of hydrogen-bond donors (Lipinski definition) is 1. The van der Waals surface area contributed by atoms with Gasteiger partial charge < -0.3 is 14.8 Å². The van der Waals surface area contributed by atoms with E-state index in [9.17, 15) is 4.79 Å². The van der Waals surface area contributed by atoms with E-state index in [0.717, 1.165) is 18.7 Å². The van der Waals surface area contributed by atoms with Crippen LogP contribution in [0.1, 0.15) is 36.7 Å². The van der Waals surface area contributed by atoms with Crippen LogP contribution in [0, 0.1) is 5.92 Å². The standard InChI is InChI=1S/C16H25NO3/c1-5-20-11-15(12(2)3)17-10-13-6-8-14(9-7-13)16(18)19-4/h6-9,12,15,17H,5,10-11H2,1-4H3. The van der Waals surface area contributed by atoms with Crippen molar-refractivity contribution < 1.29 is 14.3 Å². The first-order valence-corrected chi connectivity index (χ1v) is 7.06. The SMILES string of the molecule is CCOCC(NCc1ccc(C(=O)OC)cc1)C(C)C. The van der Waals surface area contributed by atoms with Gasteiger partial charge in [0.25, 0.3) is 0 Å². The van der Waals surface area contributed by atoms with Crippen molar-refractivity contribution in [3.05, 3.63) is 35.4 Å². The molecule has 1 atom stereocenters. The Kier molecular flexibility index (Phi) is 7.26. The van der Waals surface area contributed by atoms with Crippen molar-refractivity contribution >= 4 is 5.97 Å². The van der Waals surface area contributed by atoms with Crippen LogP contribution in [0.2, 0.25) is 0 Å². The zero-order valence-corrected chi connectivity index (χ0v) is 12.8. The van der Waals surface area contributed by atoms with Gasteiger partial charge in [0.2, 0.25) is 0 Å². The molecule has 112 valence electrons. The van der Waals surface area contributed by atoms with Gasteiger partial charge in [-0.2, -0.15) is 0 Å². The molecule has 0 saturated carbocycles. The molecule has 0 spiro atoms. The number of methoxy groups -OCH3 is 1. The lowest BCUT2D eigenvalue weighted by molar-refractivity contribution is 0.0600. The Morgan fingerprint density at radius 1 is 1.25 bits per heavy atom. The first-order valence-electron chi connectivity index (χ1n) is 7.06. The molecule has 1 aromatic rings. The van der Waals surface area contributed by atoms with Gasteiger partial charge in [-0.1, -0.05) is 26.0 Å². The predicted molar refractivity (Wildman–Crippen MR) is 79.7 cm³/mol. The molecular weight excluding hydrogens is 254 g/mol. The van der Waals surface area contributed by atoms with Gasteiger partial charge in [-0.05, 0) is 30.5 Å². The van der Waals surface area contributed by atoms with E-state index >= 15 is 0 Å². The van der Waals surface area contributed by atoms with Crippen molar-refractivity contribution in [2.45, 2.75) is 33.4 Å². The third-order valence-corrected chi connectivity index (χ3v) is 3.25. The Morgan fingerprint density at radius 2 is 1.90 bits per heavy atom. The fourth-order valence-corrected chi connectivity index (χ4v) is 1.86. The number of carbonyl (C=O) groups excluding carboxylic acids is 1. The maximum absolute atomic E-state index is 11.3. The topological polar surface area (TPSA) is 47.6 Å². The fourth-order valence-electron chi connectivity index (χ4n) is 1.86. The van der Waals surface area contributed by atoms with Gasteiger partial charge >= 0.3 is 5.97 Å². The maximum atomic E-state index is 11.3. The number of benzene rings is 1. The molecule has 0 aliphatic heterocycles.